The Morgan fingerprint density at radius 3 is 2.48 bits per heavy atom. The van der Waals surface area contributed by atoms with Crippen LogP contribution in [0.1, 0.15) is 26.2 Å². The largest absolute Gasteiger partial charge is 0.500 e. The predicted molar refractivity (Wildman–Crippen MR) is 91.8 cm³/mol. The number of carbonyl (C=O) groups excluding carboxylic acids is 2. The number of halogens is 2. The minimum atomic E-state index is -3.81. The van der Waals surface area contributed by atoms with Gasteiger partial charge < -0.3 is 0 Å². The number of hydrogen-bond acceptors (Lipinski definition) is 4. The summed E-state index contributed by atoms with van der Waals surface area (Å²) < 4.78 is 55.5. The van der Waals surface area contributed by atoms with Crippen LogP contribution >= 0.6 is 0 Å². The molecule has 4 aliphatic rings. The number of urea groups is 1. The van der Waals surface area contributed by atoms with Gasteiger partial charge in [-0.2, -0.15) is 14.3 Å². The number of rotatable bonds is 5. The van der Waals surface area contributed by atoms with Gasteiger partial charge in [0.1, 0.15) is 18.2 Å². The SMILES string of the molecule is C[N+]1=C2C=CC(S(=O)(=O)NC3(C)CC3)=CC2C(=O)N(CC2CC2(F)F)C1=O. The van der Waals surface area contributed by atoms with Crippen molar-refractivity contribution in [2.45, 2.75) is 37.6 Å². The van der Waals surface area contributed by atoms with E-state index in [0.717, 1.165) is 17.7 Å². The fourth-order valence-corrected chi connectivity index (χ4v) is 4.89. The van der Waals surface area contributed by atoms with Crippen molar-refractivity contribution in [3.63, 3.8) is 0 Å². The van der Waals surface area contributed by atoms with Crippen molar-refractivity contribution in [2.24, 2.45) is 11.8 Å². The fraction of sp³-hybridized carbons (Fsp3) is 0.588. The van der Waals surface area contributed by atoms with Crippen LogP contribution < -0.4 is 4.72 Å². The maximum absolute atomic E-state index is 13.2. The second kappa shape index (κ2) is 5.54. The Morgan fingerprint density at radius 2 is 1.93 bits per heavy atom. The molecule has 1 N–H and O–H groups in total. The molecule has 2 atom stereocenters. The first kappa shape index (κ1) is 18.4. The normalized spacial score (nSPS) is 31.0. The van der Waals surface area contributed by atoms with E-state index in [9.17, 15) is 26.8 Å². The van der Waals surface area contributed by atoms with E-state index in [4.69, 9.17) is 0 Å². The van der Waals surface area contributed by atoms with Crippen LogP contribution in [0.5, 0.6) is 0 Å². The molecule has 3 aliphatic carbocycles. The summed E-state index contributed by atoms with van der Waals surface area (Å²) in [6, 6.07) is -0.679. The van der Waals surface area contributed by atoms with E-state index in [1.807, 2.05) is 0 Å². The van der Waals surface area contributed by atoms with Crippen LogP contribution in [0, 0.1) is 11.8 Å². The minimum Gasteiger partial charge on any atom is -0.245 e. The second-order valence-corrected chi connectivity index (χ2v) is 9.61. The summed E-state index contributed by atoms with van der Waals surface area (Å²) in [5.74, 6) is -5.57. The lowest BCUT2D eigenvalue weighted by Crippen LogP contribution is -2.54. The lowest BCUT2D eigenvalue weighted by molar-refractivity contribution is -0.406. The molecule has 2 unspecified atom stereocenters. The van der Waals surface area contributed by atoms with E-state index < -0.39 is 45.3 Å². The van der Waals surface area contributed by atoms with Crippen LogP contribution in [0.2, 0.25) is 0 Å². The lowest BCUT2D eigenvalue weighted by Gasteiger charge is -2.26. The van der Waals surface area contributed by atoms with Gasteiger partial charge in [-0.3, -0.25) is 0 Å². The molecule has 2 saturated carbocycles. The molecule has 0 saturated heterocycles. The first-order chi connectivity index (χ1) is 12.4. The summed E-state index contributed by atoms with van der Waals surface area (Å²) in [6.45, 7) is 1.43. The molecule has 10 heteroatoms. The molecule has 2 fully saturated rings. The van der Waals surface area contributed by atoms with Gasteiger partial charge in [0.15, 0.2) is 0 Å². The Morgan fingerprint density at radius 1 is 1.30 bits per heavy atom. The number of nitrogens with one attached hydrogen (secondary N) is 1. The molecular formula is C17H20F2N3O4S+. The monoisotopic (exact) mass is 400 g/mol. The maximum atomic E-state index is 13.2. The molecule has 1 heterocycles. The van der Waals surface area contributed by atoms with E-state index >= 15 is 0 Å². The minimum absolute atomic E-state index is 0.0582. The van der Waals surface area contributed by atoms with Crippen molar-refractivity contribution in [1.29, 1.82) is 0 Å². The van der Waals surface area contributed by atoms with E-state index in [-0.39, 0.29) is 17.9 Å². The molecule has 0 aromatic heterocycles. The van der Waals surface area contributed by atoms with E-state index in [0.29, 0.717) is 5.71 Å². The molecule has 27 heavy (non-hydrogen) atoms. The van der Waals surface area contributed by atoms with Gasteiger partial charge in [0.2, 0.25) is 10.0 Å². The van der Waals surface area contributed by atoms with Gasteiger partial charge >= 0.3 is 11.9 Å². The smallest absolute Gasteiger partial charge is 0.245 e. The molecule has 7 nitrogen and oxygen atoms in total. The average Bonchev–Trinajstić information content (AvgIpc) is 3.45. The molecule has 0 bridgehead atoms. The van der Waals surface area contributed by atoms with Gasteiger partial charge in [0, 0.05) is 12.0 Å². The molecule has 0 spiro atoms. The van der Waals surface area contributed by atoms with Crippen molar-refractivity contribution in [3.05, 3.63) is 23.1 Å². The zero-order valence-corrected chi connectivity index (χ0v) is 15.7. The molecule has 0 aromatic rings. The molecule has 0 aromatic carbocycles. The summed E-state index contributed by atoms with van der Waals surface area (Å²) in [7, 11) is -2.37. The highest BCUT2D eigenvalue weighted by Gasteiger charge is 2.61. The molecule has 146 valence electrons. The second-order valence-electron chi connectivity index (χ2n) is 7.92. The zero-order chi connectivity index (χ0) is 19.8. The number of imide groups is 1. The Bertz CT molecular complexity index is 947. The topological polar surface area (TPSA) is 86.6 Å². The first-order valence-electron chi connectivity index (χ1n) is 8.71. The van der Waals surface area contributed by atoms with Gasteiger partial charge in [-0.15, -0.1) is 0 Å². The number of sulfonamides is 1. The van der Waals surface area contributed by atoms with Gasteiger partial charge in [-0.25, -0.2) is 26.7 Å². The number of amides is 3. The Balaban J connectivity index is 1.63. The van der Waals surface area contributed by atoms with Gasteiger partial charge in [0.25, 0.3) is 5.92 Å². The highest BCUT2D eigenvalue weighted by Crippen LogP contribution is 2.49. The van der Waals surface area contributed by atoms with Crippen molar-refractivity contribution in [2.75, 3.05) is 13.6 Å². The summed E-state index contributed by atoms with van der Waals surface area (Å²) in [5.41, 5.74) is -0.134. The molecule has 4 rings (SSSR count). The van der Waals surface area contributed by atoms with Crippen LogP contribution in [0.25, 0.3) is 0 Å². The Kier molecular flexibility index (Phi) is 3.78. The number of carbonyl (C=O) groups is 2. The van der Waals surface area contributed by atoms with Crippen LogP contribution in [0.15, 0.2) is 23.1 Å². The van der Waals surface area contributed by atoms with Crippen molar-refractivity contribution in [1.82, 2.24) is 9.62 Å². The van der Waals surface area contributed by atoms with Crippen LogP contribution in [-0.2, 0) is 14.8 Å². The number of hydrogen-bond donors (Lipinski definition) is 1. The van der Waals surface area contributed by atoms with Crippen LogP contribution in [0.3, 0.4) is 0 Å². The van der Waals surface area contributed by atoms with Crippen molar-refractivity contribution >= 4 is 27.7 Å². The highest BCUT2D eigenvalue weighted by atomic mass is 32.2. The van der Waals surface area contributed by atoms with Gasteiger partial charge in [0.05, 0.1) is 17.9 Å². The van der Waals surface area contributed by atoms with Crippen LogP contribution in [0.4, 0.5) is 13.6 Å². The summed E-state index contributed by atoms with van der Waals surface area (Å²) in [5, 5.41) is 0. The van der Waals surface area contributed by atoms with Crippen LogP contribution in [-0.4, -0.2) is 60.6 Å². The average molecular weight is 400 g/mol. The molecule has 0 radical (unpaired) electrons. The van der Waals surface area contributed by atoms with E-state index in [2.05, 4.69) is 4.72 Å². The van der Waals surface area contributed by atoms with Crippen molar-refractivity contribution in [3.8, 4) is 0 Å². The van der Waals surface area contributed by atoms with Gasteiger partial charge in [-0.1, -0.05) is 0 Å². The third-order valence-electron chi connectivity index (χ3n) is 5.55. The predicted octanol–water partition coefficient (Wildman–Crippen LogP) is 1.23. The quantitative estimate of drug-likeness (QED) is 0.704. The maximum Gasteiger partial charge on any atom is 0.500 e. The number of allylic oxidation sites excluding steroid dienone is 2. The Labute approximate surface area is 155 Å². The zero-order valence-electron chi connectivity index (χ0n) is 14.9. The van der Waals surface area contributed by atoms with Crippen molar-refractivity contribution < 1.29 is 31.4 Å². The van der Waals surface area contributed by atoms with E-state index in [1.54, 1.807) is 6.92 Å². The number of alkyl halides is 2. The Hall–Kier alpha value is -1.94. The lowest BCUT2D eigenvalue weighted by atomic mass is 9.94. The summed E-state index contributed by atoms with van der Waals surface area (Å²) in [4.78, 5) is 25.9. The number of fused-ring (bicyclic) bond motifs is 1. The fourth-order valence-electron chi connectivity index (χ4n) is 3.36. The first-order valence-corrected chi connectivity index (χ1v) is 10.2. The van der Waals surface area contributed by atoms with Gasteiger partial charge in [-0.05, 0) is 38.0 Å². The third kappa shape index (κ3) is 3.14. The highest BCUT2D eigenvalue weighted by molar-refractivity contribution is 7.93. The summed E-state index contributed by atoms with van der Waals surface area (Å²) in [6.07, 6.45) is 5.18. The molecule has 1 aliphatic heterocycles. The molecule has 3 amide bonds. The van der Waals surface area contributed by atoms with E-state index in [1.165, 1.54) is 29.9 Å². The molecular weight excluding hydrogens is 380 g/mol. The number of nitrogens with zero attached hydrogens (tertiary/aromatic N) is 2. The summed E-state index contributed by atoms with van der Waals surface area (Å²) >= 11 is 0. The standard InChI is InChI=1S/C17H20F2N3O4S/c1-16(5-6-16)20-27(25,26)11-3-4-13-12(7-11)14(23)22(15(24)21(13)2)9-10-8-17(10,18)19/h3-4,7,10,12,20H,5-6,8-9H2,1-2H3/q+1. The third-order valence-corrected chi connectivity index (χ3v) is 7.21.